The van der Waals surface area contributed by atoms with Crippen LogP contribution < -0.4 is 10.6 Å². The van der Waals surface area contributed by atoms with Crippen LogP contribution in [0.1, 0.15) is 12.5 Å². The molecule has 1 aromatic heterocycles. The van der Waals surface area contributed by atoms with E-state index in [1.54, 1.807) is 19.1 Å². The predicted molar refractivity (Wildman–Crippen MR) is 114 cm³/mol. The minimum atomic E-state index is -0.516. The van der Waals surface area contributed by atoms with E-state index >= 15 is 0 Å². The van der Waals surface area contributed by atoms with Gasteiger partial charge in [0.2, 0.25) is 5.91 Å². The summed E-state index contributed by atoms with van der Waals surface area (Å²) in [5, 5.41) is 14.6. The summed E-state index contributed by atoms with van der Waals surface area (Å²) < 4.78 is 1.87. The van der Waals surface area contributed by atoms with Crippen LogP contribution in [0.15, 0.2) is 53.7 Å². The SMILES string of the molecule is CCNC(=O)NC(=O)CSc1nnc(-c2cccc(C)c2)n1-c1ccc(Cl)cc1. The van der Waals surface area contributed by atoms with Crippen molar-refractivity contribution in [3.63, 3.8) is 0 Å². The molecule has 0 atom stereocenters. The van der Waals surface area contributed by atoms with Crippen molar-refractivity contribution in [3.8, 4) is 17.1 Å². The lowest BCUT2D eigenvalue weighted by Crippen LogP contribution is -2.40. The molecule has 0 saturated heterocycles. The van der Waals surface area contributed by atoms with E-state index in [4.69, 9.17) is 11.6 Å². The van der Waals surface area contributed by atoms with Gasteiger partial charge in [-0.25, -0.2) is 4.79 Å². The highest BCUT2D eigenvalue weighted by Crippen LogP contribution is 2.29. The minimum absolute atomic E-state index is 0.0245. The number of carbonyl (C=O) groups is 2. The van der Waals surface area contributed by atoms with Gasteiger partial charge >= 0.3 is 6.03 Å². The van der Waals surface area contributed by atoms with Crippen LogP contribution in [-0.2, 0) is 4.79 Å². The highest BCUT2D eigenvalue weighted by molar-refractivity contribution is 7.99. The summed E-state index contributed by atoms with van der Waals surface area (Å²) in [5.74, 6) is 0.266. The first-order valence-corrected chi connectivity index (χ1v) is 10.3. The van der Waals surface area contributed by atoms with Crippen molar-refractivity contribution in [2.75, 3.05) is 12.3 Å². The van der Waals surface area contributed by atoms with Gasteiger partial charge in [-0.15, -0.1) is 10.2 Å². The maximum atomic E-state index is 12.0. The third kappa shape index (κ3) is 5.36. The lowest BCUT2D eigenvalue weighted by atomic mass is 10.1. The minimum Gasteiger partial charge on any atom is -0.338 e. The average Bonchev–Trinajstić information content (AvgIpc) is 3.11. The summed E-state index contributed by atoms with van der Waals surface area (Å²) in [6.07, 6.45) is 0. The van der Waals surface area contributed by atoms with Crippen molar-refractivity contribution < 1.29 is 9.59 Å². The van der Waals surface area contributed by atoms with Gasteiger partial charge in [-0.2, -0.15) is 0 Å². The normalized spacial score (nSPS) is 10.6. The Kier molecular flexibility index (Phi) is 6.90. The van der Waals surface area contributed by atoms with Crippen molar-refractivity contribution in [2.24, 2.45) is 0 Å². The molecule has 0 saturated carbocycles. The highest BCUT2D eigenvalue weighted by Gasteiger charge is 2.18. The number of aryl methyl sites for hydroxylation is 1. The molecule has 0 spiro atoms. The Morgan fingerprint density at radius 3 is 2.59 bits per heavy atom. The fourth-order valence-corrected chi connectivity index (χ4v) is 3.53. The monoisotopic (exact) mass is 429 g/mol. The molecule has 150 valence electrons. The topological polar surface area (TPSA) is 88.9 Å². The van der Waals surface area contributed by atoms with E-state index in [1.165, 1.54) is 11.8 Å². The largest absolute Gasteiger partial charge is 0.338 e. The quantitative estimate of drug-likeness (QED) is 0.581. The van der Waals surface area contributed by atoms with Crippen molar-refractivity contribution in [2.45, 2.75) is 19.0 Å². The Hall–Kier alpha value is -2.84. The number of halogens is 1. The molecule has 9 heteroatoms. The summed E-state index contributed by atoms with van der Waals surface area (Å²) in [6.45, 7) is 4.23. The van der Waals surface area contributed by atoms with Gasteiger partial charge in [-0.3, -0.25) is 14.7 Å². The number of urea groups is 1. The molecular weight excluding hydrogens is 410 g/mol. The molecule has 7 nitrogen and oxygen atoms in total. The zero-order valence-electron chi connectivity index (χ0n) is 16.0. The van der Waals surface area contributed by atoms with Gasteiger partial charge in [0.1, 0.15) is 0 Å². The molecule has 0 radical (unpaired) electrons. The van der Waals surface area contributed by atoms with Gasteiger partial charge < -0.3 is 5.32 Å². The number of benzene rings is 2. The fourth-order valence-electron chi connectivity index (χ4n) is 2.66. The molecule has 2 N–H and O–H groups in total. The van der Waals surface area contributed by atoms with E-state index < -0.39 is 11.9 Å². The molecule has 3 aromatic rings. The Bertz CT molecular complexity index is 1020. The van der Waals surface area contributed by atoms with Crippen LogP contribution in [0.3, 0.4) is 0 Å². The second-order valence-electron chi connectivity index (χ2n) is 6.18. The van der Waals surface area contributed by atoms with E-state index in [1.807, 2.05) is 47.9 Å². The van der Waals surface area contributed by atoms with Crippen LogP contribution in [-0.4, -0.2) is 39.0 Å². The molecule has 0 unspecified atom stereocenters. The Morgan fingerprint density at radius 2 is 1.90 bits per heavy atom. The van der Waals surface area contributed by atoms with Gasteiger partial charge in [-0.05, 0) is 44.2 Å². The zero-order chi connectivity index (χ0) is 20.8. The van der Waals surface area contributed by atoms with Gasteiger partial charge in [-0.1, -0.05) is 47.1 Å². The molecule has 0 fully saturated rings. The van der Waals surface area contributed by atoms with E-state index in [0.29, 0.717) is 22.5 Å². The van der Waals surface area contributed by atoms with Crippen LogP contribution >= 0.6 is 23.4 Å². The summed E-state index contributed by atoms with van der Waals surface area (Å²) in [7, 11) is 0. The van der Waals surface area contributed by atoms with Crippen LogP contribution in [0, 0.1) is 6.92 Å². The first-order valence-electron chi connectivity index (χ1n) is 8.97. The van der Waals surface area contributed by atoms with Gasteiger partial charge in [0.15, 0.2) is 11.0 Å². The summed E-state index contributed by atoms with van der Waals surface area (Å²) in [6, 6.07) is 14.7. The molecule has 3 rings (SSSR count). The van der Waals surface area contributed by atoms with Gasteiger partial charge in [0.05, 0.1) is 5.75 Å². The first-order chi connectivity index (χ1) is 14.0. The molecule has 2 aromatic carbocycles. The van der Waals surface area contributed by atoms with E-state index in [0.717, 1.165) is 16.8 Å². The van der Waals surface area contributed by atoms with E-state index in [2.05, 4.69) is 20.8 Å². The van der Waals surface area contributed by atoms with Crippen molar-refractivity contribution >= 4 is 35.3 Å². The lowest BCUT2D eigenvalue weighted by Gasteiger charge is -2.11. The Morgan fingerprint density at radius 1 is 1.14 bits per heavy atom. The standard InChI is InChI=1S/C20H20ClN5O2S/c1-3-22-19(28)23-17(27)12-29-20-25-24-18(14-6-4-5-13(2)11-14)26(20)16-9-7-15(21)8-10-16/h4-11H,3,12H2,1-2H3,(H2,22,23,27,28). The number of carbonyl (C=O) groups excluding carboxylic acids is 2. The number of amides is 3. The summed E-state index contributed by atoms with van der Waals surface area (Å²) in [4.78, 5) is 23.6. The van der Waals surface area contributed by atoms with Gasteiger partial charge in [0, 0.05) is 22.8 Å². The second kappa shape index (κ2) is 9.58. The second-order valence-corrected chi connectivity index (χ2v) is 7.56. The van der Waals surface area contributed by atoms with Crippen LogP contribution in [0.4, 0.5) is 4.79 Å². The highest BCUT2D eigenvalue weighted by atomic mass is 35.5. The maximum absolute atomic E-state index is 12.0. The van der Waals surface area contributed by atoms with Crippen molar-refractivity contribution in [3.05, 3.63) is 59.1 Å². The number of hydrogen-bond acceptors (Lipinski definition) is 5. The first kappa shape index (κ1) is 20.9. The average molecular weight is 430 g/mol. The zero-order valence-corrected chi connectivity index (χ0v) is 17.5. The smallest absolute Gasteiger partial charge is 0.321 e. The number of thioether (sulfide) groups is 1. The van der Waals surface area contributed by atoms with E-state index in [9.17, 15) is 9.59 Å². The number of hydrogen-bond donors (Lipinski definition) is 2. The number of rotatable bonds is 6. The number of aromatic nitrogens is 3. The molecule has 0 aliphatic carbocycles. The van der Waals surface area contributed by atoms with Gasteiger partial charge in [0.25, 0.3) is 0 Å². The molecule has 0 bridgehead atoms. The molecule has 1 heterocycles. The maximum Gasteiger partial charge on any atom is 0.321 e. The molecule has 0 aliphatic rings. The molecule has 3 amide bonds. The number of nitrogens with one attached hydrogen (secondary N) is 2. The third-order valence-corrected chi connectivity index (χ3v) is 5.10. The van der Waals surface area contributed by atoms with E-state index in [-0.39, 0.29) is 5.75 Å². The fraction of sp³-hybridized carbons (Fsp3) is 0.200. The van der Waals surface area contributed by atoms with Crippen molar-refractivity contribution in [1.82, 2.24) is 25.4 Å². The van der Waals surface area contributed by atoms with Crippen LogP contribution in [0.5, 0.6) is 0 Å². The number of imide groups is 1. The predicted octanol–water partition coefficient (Wildman–Crippen LogP) is 3.83. The van der Waals surface area contributed by atoms with Crippen LogP contribution in [0.25, 0.3) is 17.1 Å². The lowest BCUT2D eigenvalue weighted by molar-refractivity contribution is -0.117. The Balaban J connectivity index is 1.90. The van der Waals surface area contributed by atoms with Crippen molar-refractivity contribution in [1.29, 1.82) is 0 Å². The van der Waals surface area contributed by atoms with Crippen LogP contribution in [0.2, 0.25) is 5.02 Å². The molecule has 0 aliphatic heterocycles. The molecule has 29 heavy (non-hydrogen) atoms. The summed E-state index contributed by atoms with van der Waals surface area (Å²) in [5.41, 5.74) is 2.83. The number of nitrogens with zero attached hydrogens (tertiary/aromatic N) is 3. The summed E-state index contributed by atoms with van der Waals surface area (Å²) >= 11 is 7.23. The molecular formula is C20H20ClN5O2S. The Labute approximate surface area is 177 Å². The third-order valence-electron chi connectivity index (χ3n) is 3.92.